The zero-order valence-electron chi connectivity index (χ0n) is 13.3. The highest BCUT2D eigenvalue weighted by molar-refractivity contribution is 7.98. The summed E-state index contributed by atoms with van der Waals surface area (Å²) in [5, 5.41) is 16.3. The number of aromatic amines is 1. The fraction of sp³-hybridized carbons (Fsp3) is 0.0625. The smallest absolute Gasteiger partial charge is 0.225 e. The largest absolute Gasteiger partial charge is 0.373 e. The molecular formula is C16H14N4O4S2. The Morgan fingerprint density at radius 2 is 1.54 bits per heavy atom. The minimum atomic E-state index is -3.65. The number of primary sulfonamides is 1. The summed E-state index contributed by atoms with van der Waals surface area (Å²) in [4.78, 5) is 16.4. The second kappa shape index (κ2) is 9.07. The fourth-order valence-corrected chi connectivity index (χ4v) is 3.30. The second-order valence-electron chi connectivity index (χ2n) is 4.95. The van der Waals surface area contributed by atoms with Gasteiger partial charge in [0.25, 0.3) is 0 Å². The van der Waals surface area contributed by atoms with Crippen LogP contribution in [0.3, 0.4) is 0 Å². The number of hydrogen-bond donors (Lipinski definition) is 2. The first-order valence-electron chi connectivity index (χ1n) is 7.14. The first-order chi connectivity index (χ1) is 12.4. The van der Waals surface area contributed by atoms with Crippen LogP contribution in [0.1, 0.15) is 5.56 Å². The molecule has 0 unspecified atom stereocenters. The molecule has 0 aliphatic rings. The predicted molar refractivity (Wildman–Crippen MR) is 94.2 cm³/mol. The maximum atomic E-state index is 11.3. The maximum Gasteiger partial charge on any atom is 0.373 e. The lowest BCUT2D eigenvalue weighted by Crippen LogP contribution is -2.11. The number of nitrogens with two attached hydrogens (primary N) is 1. The third-order valence-electron chi connectivity index (χ3n) is 3.25. The molecule has 0 aliphatic carbocycles. The van der Waals surface area contributed by atoms with Crippen molar-refractivity contribution >= 4 is 27.9 Å². The van der Waals surface area contributed by atoms with E-state index in [1.54, 1.807) is 30.1 Å². The Kier molecular flexibility index (Phi) is 6.81. The molecule has 3 rings (SSSR count). The van der Waals surface area contributed by atoms with Gasteiger partial charge in [0.2, 0.25) is 10.0 Å². The molecule has 8 nitrogen and oxygen atoms in total. The molecule has 0 fully saturated rings. The number of carbonyl (C=O) groups excluding carboxylic acids is 2. The summed E-state index contributed by atoms with van der Waals surface area (Å²) in [6, 6.07) is 14.6. The summed E-state index contributed by atoms with van der Waals surface area (Å²) in [7, 11) is -3.65. The molecule has 3 N–H and O–H groups in total. The van der Waals surface area contributed by atoms with Gasteiger partial charge in [-0.25, -0.2) is 13.6 Å². The SMILES string of the molecule is NS(=O)(=O)c1ccc(-c2ccc(CSc3cn[nH]n3)cc2)cc1.O=C=O. The van der Waals surface area contributed by atoms with Crippen LogP contribution in [0.4, 0.5) is 0 Å². The molecule has 2 aromatic carbocycles. The lowest BCUT2D eigenvalue weighted by atomic mass is 10.0. The molecule has 0 radical (unpaired) electrons. The van der Waals surface area contributed by atoms with Crippen LogP contribution >= 0.6 is 11.8 Å². The van der Waals surface area contributed by atoms with Crippen molar-refractivity contribution in [3.8, 4) is 11.1 Å². The van der Waals surface area contributed by atoms with E-state index in [-0.39, 0.29) is 11.0 Å². The second-order valence-corrected chi connectivity index (χ2v) is 7.50. The third kappa shape index (κ3) is 5.64. The van der Waals surface area contributed by atoms with E-state index < -0.39 is 10.0 Å². The van der Waals surface area contributed by atoms with E-state index in [2.05, 4.69) is 15.4 Å². The van der Waals surface area contributed by atoms with E-state index in [1.165, 1.54) is 17.7 Å². The van der Waals surface area contributed by atoms with Crippen molar-refractivity contribution in [3.05, 3.63) is 60.3 Å². The molecular weight excluding hydrogens is 376 g/mol. The average Bonchev–Trinajstić information content (AvgIpc) is 3.14. The van der Waals surface area contributed by atoms with Gasteiger partial charge in [0.1, 0.15) is 5.03 Å². The summed E-state index contributed by atoms with van der Waals surface area (Å²) >= 11 is 1.60. The number of nitrogens with zero attached hydrogens (tertiary/aromatic N) is 2. The van der Waals surface area contributed by atoms with Crippen LogP contribution < -0.4 is 5.14 Å². The number of hydrogen-bond acceptors (Lipinski definition) is 7. The van der Waals surface area contributed by atoms with Crippen LogP contribution in [-0.4, -0.2) is 30.0 Å². The van der Waals surface area contributed by atoms with E-state index >= 15 is 0 Å². The van der Waals surface area contributed by atoms with E-state index in [1.807, 2.05) is 24.3 Å². The Bertz CT molecular complexity index is 964. The number of H-pyrrole nitrogens is 1. The molecule has 0 bridgehead atoms. The molecule has 1 aromatic heterocycles. The summed E-state index contributed by atoms with van der Waals surface area (Å²) in [6.07, 6.45) is 1.94. The molecule has 0 aliphatic heterocycles. The monoisotopic (exact) mass is 390 g/mol. The lowest BCUT2D eigenvalue weighted by molar-refractivity contribution is -0.191. The predicted octanol–water partition coefficient (Wildman–Crippen LogP) is 1.83. The first kappa shape index (κ1) is 19.5. The molecule has 134 valence electrons. The van der Waals surface area contributed by atoms with E-state index in [4.69, 9.17) is 14.7 Å². The van der Waals surface area contributed by atoms with Crippen molar-refractivity contribution in [1.29, 1.82) is 0 Å². The summed E-state index contributed by atoms with van der Waals surface area (Å²) in [6.45, 7) is 0. The number of benzene rings is 2. The average molecular weight is 390 g/mol. The molecule has 3 aromatic rings. The van der Waals surface area contributed by atoms with E-state index in [9.17, 15) is 8.42 Å². The minimum Gasteiger partial charge on any atom is -0.225 e. The van der Waals surface area contributed by atoms with Gasteiger partial charge in [-0.15, -0.1) is 5.10 Å². The van der Waals surface area contributed by atoms with Gasteiger partial charge in [0, 0.05) is 5.75 Å². The standard InChI is InChI=1S/C15H14N4O2S2.CO2/c16-23(20,21)14-7-5-13(6-8-14)12-3-1-11(2-4-12)10-22-15-9-17-19-18-15;2-1-3/h1-9H,10H2,(H2,16,20,21)(H,17,18,19);. The van der Waals surface area contributed by atoms with Crippen molar-refractivity contribution in [2.45, 2.75) is 15.7 Å². The van der Waals surface area contributed by atoms with Gasteiger partial charge in [-0.05, 0) is 28.8 Å². The Labute approximate surface area is 153 Å². The van der Waals surface area contributed by atoms with Crippen molar-refractivity contribution in [2.24, 2.45) is 5.14 Å². The van der Waals surface area contributed by atoms with Gasteiger partial charge in [-0.2, -0.15) is 19.9 Å². The molecule has 0 saturated carbocycles. The highest BCUT2D eigenvalue weighted by Gasteiger charge is 2.07. The van der Waals surface area contributed by atoms with Crippen molar-refractivity contribution in [1.82, 2.24) is 15.4 Å². The van der Waals surface area contributed by atoms with Gasteiger partial charge >= 0.3 is 6.15 Å². The molecule has 0 amide bonds. The first-order valence-corrected chi connectivity index (χ1v) is 9.67. The summed E-state index contributed by atoms with van der Waals surface area (Å²) < 4.78 is 22.5. The maximum absolute atomic E-state index is 11.3. The van der Waals surface area contributed by atoms with Crippen molar-refractivity contribution < 1.29 is 18.0 Å². The minimum absolute atomic E-state index is 0.113. The van der Waals surface area contributed by atoms with Crippen LogP contribution in [0, 0.1) is 0 Å². The Morgan fingerprint density at radius 3 is 2.00 bits per heavy atom. The quantitative estimate of drug-likeness (QED) is 0.634. The molecule has 0 atom stereocenters. The van der Waals surface area contributed by atoms with Crippen molar-refractivity contribution in [2.75, 3.05) is 0 Å². The topological polar surface area (TPSA) is 136 Å². The van der Waals surface area contributed by atoms with Gasteiger partial charge in [0.15, 0.2) is 0 Å². The lowest BCUT2D eigenvalue weighted by Gasteiger charge is -2.05. The summed E-state index contributed by atoms with van der Waals surface area (Å²) in [5.41, 5.74) is 3.12. The van der Waals surface area contributed by atoms with Crippen LogP contribution in [0.15, 0.2) is 64.6 Å². The van der Waals surface area contributed by atoms with Crippen LogP contribution in [-0.2, 0) is 25.4 Å². The third-order valence-corrected chi connectivity index (χ3v) is 5.15. The van der Waals surface area contributed by atoms with Crippen LogP contribution in [0.25, 0.3) is 11.1 Å². The highest BCUT2D eigenvalue weighted by atomic mass is 32.2. The number of sulfonamides is 1. The zero-order chi connectivity index (χ0) is 19.0. The Morgan fingerprint density at radius 1 is 1.00 bits per heavy atom. The Balaban J connectivity index is 0.000000758. The van der Waals surface area contributed by atoms with Crippen LogP contribution in [0.2, 0.25) is 0 Å². The molecule has 0 saturated heterocycles. The van der Waals surface area contributed by atoms with Gasteiger partial charge in [-0.3, -0.25) is 0 Å². The van der Waals surface area contributed by atoms with Crippen LogP contribution in [0.5, 0.6) is 0 Å². The normalized spacial score (nSPS) is 10.5. The van der Waals surface area contributed by atoms with E-state index in [0.29, 0.717) is 0 Å². The van der Waals surface area contributed by atoms with Gasteiger partial charge in [0.05, 0.1) is 11.1 Å². The molecule has 1 heterocycles. The molecule has 10 heteroatoms. The van der Waals surface area contributed by atoms with Crippen molar-refractivity contribution in [3.63, 3.8) is 0 Å². The number of aromatic nitrogens is 3. The number of rotatable bonds is 5. The number of thioether (sulfide) groups is 1. The fourth-order valence-electron chi connectivity index (χ4n) is 2.05. The number of nitrogens with one attached hydrogen (secondary N) is 1. The zero-order valence-corrected chi connectivity index (χ0v) is 15.0. The van der Waals surface area contributed by atoms with Gasteiger partial charge < -0.3 is 0 Å². The Hall–Kier alpha value is -2.78. The van der Waals surface area contributed by atoms with Gasteiger partial charge in [-0.1, -0.05) is 48.2 Å². The molecule has 0 spiro atoms. The highest BCUT2D eigenvalue weighted by Crippen LogP contribution is 2.24. The summed E-state index contributed by atoms with van der Waals surface area (Å²) in [5.74, 6) is 0.803. The van der Waals surface area contributed by atoms with E-state index in [0.717, 1.165) is 21.9 Å². The molecule has 26 heavy (non-hydrogen) atoms.